The van der Waals surface area contributed by atoms with E-state index in [4.69, 9.17) is 16.1 Å². The van der Waals surface area contributed by atoms with Gasteiger partial charge >= 0.3 is 0 Å². The predicted molar refractivity (Wildman–Crippen MR) is 108 cm³/mol. The molecule has 3 rings (SSSR count). The standard InChI is InChI=1S/C21H22ClN3O2/c1-15-17(21(22)27-24-15)12-13-20(26)23-18-10-6-7-11-19(18)25(2)14-16-8-4-3-5-9-16/h3-11H,12-14H2,1-2H3,(H,23,26). The maximum Gasteiger partial charge on any atom is 0.229 e. The maximum atomic E-state index is 12.4. The first kappa shape index (κ1) is 19.0. The molecule has 0 aliphatic rings. The Kier molecular flexibility index (Phi) is 6.14. The second-order valence-electron chi connectivity index (χ2n) is 6.43. The van der Waals surface area contributed by atoms with E-state index in [0.717, 1.165) is 29.2 Å². The SMILES string of the molecule is Cc1noc(Cl)c1CCC(=O)Nc1ccccc1N(C)Cc1ccccc1. The van der Waals surface area contributed by atoms with Crippen LogP contribution in [0.1, 0.15) is 23.2 Å². The Morgan fingerprint density at radius 2 is 1.85 bits per heavy atom. The van der Waals surface area contributed by atoms with Crippen LogP contribution in [-0.4, -0.2) is 18.1 Å². The van der Waals surface area contributed by atoms with Gasteiger partial charge in [0.05, 0.1) is 17.1 Å². The molecule has 0 spiro atoms. The first-order valence-corrected chi connectivity index (χ1v) is 9.17. The van der Waals surface area contributed by atoms with Crippen LogP contribution >= 0.6 is 11.6 Å². The highest BCUT2D eigenvalue weighted by molar-refractivity contribution is 6.29. The van der Waals surface area contributed by atoms with Crippen LogP contribution in [0.3, 0.4) is 0 Å². The van der Waals surface area contributed by atoms with E-state index in [0.29, 0.717) is 12.8 Å². The number of aromatic nitrogens is 1. The van der Waals surface area contributed by atoms with Crippen LogP contribution in [0.25, 0.3) is 0 Å². The first-order valence-electron chi connectivity index (χ1n) is 8.79. The zero-order chi connectivity index (χ0) is 19.2. The molecule has 0 saturated carbocycles. The molecule has 140 valence electrons. The Morgan fingerprint density at radius 1 is 1.15 bits per heavy atom. The van der Waals surface area contributed by atoms with Gasteiger partial charge in [-0.05, 0) is 42.6 Å². The highest BCUT2D eigenvalue weighted by atomic mass is 35.5. The van der Waals surface area contributed by atoms with Crippen molar-refractivity contribution in [2.45, 2.75) is 26.3 Å². The normalized spacial score (nSPS) is 10.6. The second kappa shape index (κ2) is 8.73. The molecule has 6 heteroatoms. The van der Waals surface area contributed by atoms with E-state index < -0.39 is 0 Å². The summed E-state index contributed by atoms with van der Waals surface area (Å²) in [6.07, 6.45) is 0.792. The van der Waals surface area contributed by atoms with E-state index in [2.05, 4.69) is 27.5 Å². The highest BCUT2D eigenvalue weighted by Crippen LogP contribution is 2.26. The fourth-order valence-corrected chi connectivity index (χ4v) is 3.21. The van der Waals surface area contributed by atoms with Crippen LogP contribution < -0.4 is 10.2 Å². The van der Waals surface area contributed by atoms with Crippen LogP contribution in [0.4, 0.5) is 11.4 Å². The van der Waals surface area contributed by atoms with Crippen LogP contribution in [0.5, 0.6) is 0 Å². The molecular weight excluding hydrogens is 362 g/mol. The van der Waals surface area contributed by atoms with Gasteiger partial charge in [0, 0.05) is 25.6 Å². The molecular formula is C21H22ClN3O2. The number of aryl methyl sites for hydroxylation is 1. The number of rotatable bonds is 7. The number of nitrogens with one attached hydrogen (secondary N) is 1. The van der Waals surface area contributed by atoms with E-state index in [-0.39, 0.29) is 11.1 Å². The Labute approximate surface area is 163 Å². The Morgan fingerprint density at radius 3 is 2.56 bits per heavy atom. The minimum absolute atomic E-state index is 0.0766. The van der Waals surface area contributed by atoms with Crippen molar-refractivity contribution in [2.24, 2.45) is 0 Å². The molecule has 27 heavy (non-hydrogen) atoms. The lowest BCUT2D eigenvalue weighted by molar-refractivity contribution is -0.116. The molecule has 0 saturated heterocycles. The van der Waals surface area contributed by atoms with Gasteiger partial charge in [-0.2, -0.15) is 0 Å². The maximum absolute atomic E-state index is 12.4. The third kappa shape index (κ3) is 4.89. The Bertz CT molecular complexity index is 889. The second-order valence-corrected chi connectivity index (χ2v) is 6.77. The van der Waals surface area contributed by atoms with Gasteiger partial charge in [0.2, 0.25) is 11.1 Å². The summed E-state index contributed by atoms with van der Waals surface area (Å²) in [4.78, 5) is 14.6. The number of carbonyl (C=O) groups excluding carboxylic acids is 1. The third-order valence-corrected chi connectivity index (χ3v) is 4.69. The molecule has 0 aliphatic heterocycles. The summed E-state index contributed by atoms with van der Waals surface area (Å²) in [5.41, 5.74) is 4.46. The third-order valence-electron chi connectivity index (χ3n) is 4.39. The number of hydrogen-bond acceptors (Lipinski definition) is 4. The lowest BCUT2D eigenvalue weighted by Crippen LogP contribution is -2.20. The smallest absolute Gasteiger partial charge is 0.229 e. The van der Waals surface area contributed by atoms with Gasteiger partial charge in [-0.1, -0.05) is 47.6 Å². The fourth-order valence-electron chi connectivity index (χ4n) is 2.95. The predicted octanol–water partition coefficient (Wildman–Crippen LogP) is 4.84. The largest absolute Gasteiger partial charge is 0.369 e. The summed E-state index contributed by atoms with van der Waals surface area (Å²) in [6.45, 7) is 2.57. The van der Waals surface area contributed by atoms with Crippen LogP contribution in [0.15, 0.2) is 59.1 Å². The molecule has 0 atom stereocenters. The van der Waals surface area contributed by atoms with Crippen molar-refractivity contribution in [2.75, 3.05) is 17.3 Å². The number of carbonyl (C=O) groups is 1. The van der Waals surface area contributed by atoms with Crippen molar-refractivity contribution in [3.8, 4) is 0 Å². The molecule has 1 heterocycles. The van der Waals surface area contributed by atoms with Crippen LogP contribution in [-0.2, 0) is 17.8 Å². The van der Waals surface area contributed by atoms with E-state index in [1.165, 1.54) is 5.56 Å². The molecule has 3 aromatic rings. The summed E-state index contributed by atoms with van der Waals surface area (Å²) in [7, 11) is 2.01. The van der Waals surface area contributed by atoms with Gasteiger partial charge in [-0.25, -0.2) is 0 Å². The average molecular weight is 384 g/mol. The minimum atomic E-state index is -0.0766. The lowest BCUT2D eigenvalue weighted by atomic mass is 10.1. The molecule has 0 bridgehead atoms. The zero-order valence-corrected chi connectivity index (χ0v) is 16.2. The highest BCUT2D eigenvalue weighted by Gasteiger charge is 2.14. The van der Waals surface area contributed by atoms with E-state index in [1.54, 1.807) is 0 Å². The molecule has 1 N–H and O–H groups in total. The van der Waals surface area contributed by atoms with Crippen molar-refractivity contribution < 1.29 is 9.32 Å². The number of amides is 1. The van der Waals surface area contributed by atoms with Gasteiger partial charge in [0.15, 0.2) is 0 Å². The van der Waals surface area contributed by atoms with Crippen molar-refractivity contribution in [1.29, 1.82) is 0 Å². The lowest BCUT2D eigenvalue weighted by Gasteiger charge is -2.22. The van der Waals surface area contributed by atoms with Crippen molar-refractivity contribution in [3.63, 3.8) is 0 Å². The van der Waals surface area contributed by atoms with Crippen LogP contribution in [0.2, 0.25) is 5.22 Å². The van der Waals surface area contributed by atoms with E-state index >= 15 is 0 Å². The fraction of sp³-hybridized carbons (Fsp3) is 0.238. The number of nitrogens with zero attached hydrogens (tertiary/aromatic N) is 2. The summed E-state index contributed by atoms with van der Waals surface area (Å²) < 4.78 is 4.93. The molecule has 0 unspecified atom stereocenters. The quantitative estimate of drug-likeness (QED) is 0.634. The molecule has 0 radical (unpaired) electrons. The average Bonchev–Trinajstić information content (AvgIpc) is 2.99. The number of para-hydroxylation sites is 2. The molecule has 2 aromatic carbocycles. The molecule has 1 amide bonds. The van der Waals surface area contributed by atoms with E-state index in [9.17, 15) is 4.79 Å². The molecule has 0 fully saturated rings. The Balaban J connectivity index is 1.65. The molecule has 1 aromatic heterocycles. The number of benzene rings is 2. The summed E-state index contributed by atoms with van der Waals surface area (Å²) in [5.74, 6) is -0.0766. The van der Waals surface area contributed by atoms with Gasteiger partial charge in [0.25, 0.3) is 0 Å². The molecule has 0 aliphatic carbocycles. The monoisotopic (exact) mass is 383 g/mol. The minimum Gasteiger partial charge on any atom is -0.369 e. The van der Waals surface area contributed by atoms with Gasteiger partial charge in [-0.3, -0.25) is 4.79 Å². The van der Waals surface area contributed by atoms with Gasteiger partial charge in [0.1, 0.15) is 0 Å². The Hall–Kier alpha value is -2.79. The number of anilines is 2. The topological polar surface area (TPSA) is 58.4 Å². The zero-order valence-electron chi connectivity index (χ0n) is 15.4. The summed E-state index contributed by atoms with van der Waals surface area (Å²) in [5, 5.41) is 7.07. The summed E-state index contributed by atoms with van der Waals surface area (Å²) in [6, 6.07) is 18.0. The van der Waals surface area contributed by atoms with Crippen molar-refractivity contribution in [1.82, 2.24) is 5.16 Å². The van der Waals surface area contributed by atoms with E-state index in [1.807, 2.05) is 56.4 Å². The van der Waals surface area contributed by atoms with Gasteiger partial charge in [-0.15, -0.1) is 0 Å². The summed E-state index contributed by atoms with van der Waals surface area (Å²) >= 11 is 5.96. The first-order chi connectivity index (χ1) is 13.0. The van der Waals surface area contributed by atoms with Crippen molar-refractivity contribution in [3.05, 3.63) is 76.6 Å². The number of hydrogen-bond donors (Lipinski definition) is 1. The molecule has 5 nitrogen and oxygen atoms in total. The van der Waals surface area contributed by atoms with Crippen LogP contribution in [0, 0.1) is 6.92 Å². The number of halogens is 1. The van der Waals surface area contributed by atoms with Crippen molar-refractivity contribution >= 4 is 28.9 Å². The van der Waals surface area contributed by atoms with Gasteiger partial charge < -0.3 is 14.7 Å².